The quantitative estimate of drug-likeness (QED) is 0.602. The minimum Gasteiger partial charge on any atom is -0.607 e. The van der Waals surface area contributed by atoms with Crippen LogP contribution in [0.1, 0.15) is 27.7 Å². The molecule has 3 heterocycles. The van der Waals surface area contributed by atoms with Gasteiger partial charge in [-0.2, -0.15) is 0 Å². The molecule has 0 atom stereocenters. The van der Waals surface area contributed by atoms with Gasteiger partial charge in [0.15, 0.2) is 10.8 Å². The maximum Gasteiger partial charge on any atom is 0.623 e. The summed E-state index contributed by atoms with van der Waals surface area (Å²) in [5.74, 6) is 0.0333. The maximum atomic E-state index is 12.3. The van der Waals surface area contributed by atoms with Crippen LogP contribution in [0.5, 0.6) is 5.95 Å². The molecule has 112 valence electrons. The average Bonchev–Trinajstić information content (AvgIpc) is 2.97. The highest BCUT2D eigenvalue weighted by Crippen LogP contribution is 2.58. The summed E-state index contributed by atoms with van der Waals surface area (Å²) in [4.78, 5) is 24.5. The second-order valence-electron chi connectivity index (χ2n) is 6.55. The molecule has 0 saturated carbocycles. The average molecular weight is 292 g/mol. The molecule has 1 aromatic heterocycles. The summed E-state index contributed by atoms with van der Waals surface area (Å²) in [6.45, 7) is 4.53. The van der Waals surface area contributed by atoms with E-state index in [0.717, 1.165) is 0 Å². The van der Waals surface area contributed by atoms with Crippen molar-refractivity contribution in [2.24, 2.45) is 10.8 Å². The van der Waals surface area contributed by atoms with E-state index in [2.05, 4.69) is 0 Å². The number of furan rings is 1. The Bertz CT molecular complexity index is 599. The van der Waals surface area contributed by atoms with Gasteiger partial charge in [-0.3, -0.25) is 9.59 Å². The number of fused-ring (bicyclic) bond motifs is 1. The van der Waals surface area contributed by atoms with Gasteiger partial charge in [-0.05, 0) is 33.8 Å². The van der Waals surface area contributed by atoms with E-state index in [1.807, 2.05) is 0 Å². The van der Waals surface area contributed by atoms with Gasteiger partial charge in [0.1, 0.15) is 0 Å². The Morgan fingerprint density at radius 3 is 2.00 bits per heavy atom. The minimum atomic E-state index is -2.41. The molecule has 1 aromatic rings. The molecule has 2 aliphatic rings. The molecule has 0 spiro atoms. The summed E-state index contributed by atoms with van der Waals surface area (Å²) >= 11 is 0. The number of hydrogen-bond acceptors (Lipinski definition) is 6. The van der Waals surface area contributed by atoms with Crippen molar-refractivity contribution < 1.29 is 28.1 Å². The SMILES string of the molecule is COc1ccc([B-]23OC(=O)C(C)(C)[C+]2C(C)(C)C(=O)O3)o1. The fraction of sp³-hybridized carbons (Fsp3) is 0.500. The zero-order valence-corrected chi connectivity index (χ0v) is 12.7. The third-order valence-electron chi connectivity index (χ3n) is 4.47. The molecule has 0 N–H and O–H groups in total. The monoisotopic (exact) mass is 292 g/mol. The van der Waals surface area contributed by atoms with Gasteiger partial charge in [-0.25, -0.2) is 0 Å². The van der Waals surface area contributed by atoms with Gasteiger partial charge in [0.2, 0.25) is 0 Å². The Morgan fingerprint density at radius 2 is 1.57 bits per heavy atom. The zero-order chi connectivity index (χ0) is 15.6. The fourth-order valence-corrected chi connectivity index (χ4v) is 3.60. The Morgan fingerprint density at radius 1 is 1.05 bits per heavy atom. The van der Waals surface area contributed by atoms with E-state index >= 15 is 0 Å². The molecule has 21 heavy (non-hydrogen) atoms. The summed E-state index contributed by atoms with van der Waals surface area (Å²) in [5, 5.41) is 0. The number of carbonyl (C=O) groups excluding carboxylic acids is 2. The van der Waals surface area contributed by atoms with E-state index in [1.54, 1.807) is 39.8 Å². The van der Waals surface area contributed by atoms with Crippen molar-refractivity contribution in [3.63, 3.8) is 0 Å². The van der Waals surface area contributed by atoms with Crippen molar-refractivity contribution in [3.05, 3.63) is 17.9 Å². The standard InChI is InChI=1S/C14H17BO6/c1-13(2)10-14(3,4)12(17)21-15(10,20-11(13)16)8-6-7-9(18-5)19-8/h6-7H,1-5H3. The zero-order valence-electron chi connectivity index (χ0n) is 12.7. The number of ether oxygens (including phenoxy) is 1. The molecule has 2 fully saturated rings. The number of rotatable bonds is 2. The Balaban J connectivity index is 2.19. The number of hydrogen-bond donors (Lipinski definition) is 0. The van der Waals surface area contributed by atoms with Crippen LogP contribution in [0.2, 0.25) is 0 Å². The van der Waals surface area contributed by atoms with Crippen molar-refractivity contribution in [1.29, 1.82) is 0 Å². The lowest BCUT2D eigenvalue weighted by atomic mass is 9.38. The van der Waals surface area contributed by atoms with Crippen molar-refractivity contribution >= 4 is 24.1 Å². The lowest BCUT2D eigenvalue weighted by Crippen LogP contribution is -2.54. The van der Waals surface area contributed by atoms with Crippen LogP contribution in [0, 0.1) is 16.6 Å². The first-order chi connectivity index (χ1) is 9.66. The molecule has 3 rings (SSSR count). The summed E-state index contributed by atoms with van der Waals surface area (Å²) in [5.41, 5.74) is -1.55. The Labute approximate surface area is 122 Å². The predicted octanol–water partition coefficient (Wildman–Crippen LogP) is 1.22. The van der Waals surface area contributed by atoms with E-state index in [9.17, 15) is 9.59 Å². The van der Waals surface area contributed by atoms with Crippen LogP contribution in [0.25, 0.3) is 0 Å². The smallest absolute Gasteiger partial charge is 0.607 e. The molecule has 0 unspecified atom stereocenters. The summed E-state index contributed by atoms with van der Waals surface area (Å²) in [6.07, 6.45) is 0. The van der Waals surface area contributed by atoms with E-state index in [1.165, 1.54) is 7.11 Å². The van der Waals surface area contributed by atoms with Crippen molar-refractivity contribution in [2.75, 3.05) is 7.11 Å². The van der Waals surface area contributed by atoms with Gasteiger partial charge < -0.3 is 18.5 Å². The molecule has 6 nitrogen and oxygen atoms in total. The molecule has 2 saturated heterocycles. The third kappa shape index (κ3) is 1.51. The third-order valence-corrected chi connectivity index (χ3v) is 4.47. The highest BCUT2D eigenvalue weighted by Gasteiger charge is 2.81. The van der Waals surface area contributed by atoms with Crippen LogP contribution >= 0.6 is 0 Å². The fourth-order valence-electron chi connectivity index (χ4n) is 3.60. The number of methoxy groups -OCH3 is 1. The second-order valence-corrected chi connectivity index (χ2v) is 6.55. The molecule has 0 amide bonds. The molecule has 0 radical (unpaired) electrons. The largest absolute Gasteiger partial charge is 0.623 e. The van der Waals surface area contributed by atoms with E-state index in [-0.39, 0.29) is 5.95 Å². The van der Waals surface area contributed by atoms with Crippen molar-refractivity contribution in [3.8, 4) is 5.95 Å². The highest BCUT2D eigenvalue weighted by molar-refractivity contribution is 6.90. The van der Waals surface area contributed by atoms with Gasteiger partial charge in [0.05, 0.1) is 12.8 Å². The summed E-state index contributed by atoms with van der Waals surface area (Å²) in [7, 11) is 1.47. The van der Waals surface area contributed by atoms with Gasteiger partial charge in [0.25, 0.3) is 5.95 Å². The minimum absolute atomic E-state index is 0.266. The predicted molar refractivity (Wildman–Crippen MR) is 73.6 cm³/mol. The highest BCUT2D eigenvalue weighted by atomic mass is 16.7. The summed E-state index contributed by atoms with van der Waals surface area (Å²) < 4.78 is 21.6. The molecule has 0 aromatic carbocycles. The molecule has 0 aliphatic carbocycles. The van der Waals surface area contributed by atoms with E-state index in [4.69, 9.17) is 18.5 Å². The van der Waals surface area contributed by atoms with Gasteiger partial charge in [0, 0.05) is 11.9 Å². The topological polar surface area (TPSA) is 75.0 Å². The summed E-state index contributed by atoms with van der Waals surface area (Å²) in [6, 6.07) is 3.21. The Hall–Kier alpha value is -2.05. The van der Waals surface area contributed by atoms with E-state index < -0.39 is 29.3 Å². The van der Waals surface area contributed by atoms with Crippen LogP contribution in [-0.2, 0) is 18.9 Å². The van der Waals surface area contributed by atoms with Crippen molar-refractivity contribution in [1.82, 2.24) is 0 Å². The maximum absolute atomic E-state index is 12.3. The van der Waals surface area contributed by atoms with Gasteiger partial charge in [-0.15, -0.1) is 0 Å². The lowest BCUT2D eigenvalue weighted by Gasteiger charge is -2.26. The van der Waals surface area contributed by atoms with Crippen LogP contribution in [0.4, 0.5) is 0 Å². The number of carbonyl (C=O) groups is 2. The van der Waals surface area contributed by atoms with Crippen LogP contribution < -0.4 is 10.4 Å². The first kappa shape index (κ1) is 13.9. The first-order valence-corrected chi connectivity index (χ1v) is 6.80. The lowest BCUT2D eigenvalue weighted by molar-refractivity contribution is -0.148. The van der Waals surface area contributed by atoms with Crippen LogP contribution in [-0.4, -0.2) is 25.6 Å². The van der Waals surface area contributed by atoms with Gasteiger partial charge in [-0.1, -0.05) is 0 Å². The second kappa shape index (κ2) is 3.78. The molecular weight excluding hydrogens is 275 g/mol. The normalized spacial score (nSPS) is 24.5. The Kier molecular flexibility index (Phi) is 2.50. The first-order valence-electron chi connectivity index (χ1n) is 6.80. The molecule has 0 bridgehead atoms. The molecule has 7 heteroatoms. The molecular formula is C14H17BO6. The van der Waals surface area contributed by atoms with Gasteiger partial charge >= 0.3 is 18.5 Å². The van der Waals surface area contributed by atoms with Crippen molar-refractivity contribution in [2.45, 2.75) is 27.7 Å². The molecule has 2 aliphatic heterocycles. The van der Waals surface area contributed by atoms with Crippen LogP contribution in [0.15, 0.2) is 16.5 Å². The van der Waals surface area contributed by atoms with Crippen LogP contribution in [0.3, 0.4) is 0 Å². The van der Waals surface area contributed by atoms with E-state index in [0.29, 0.717) is 11.5 Å².